The third kappa shape index (κ3) is 4.42. The molecule has 28 heavy (non-hydrogen) atoms. The lowest BCUT2D eigenvalue weighted by Crippen LogP contribution is -2.48. The van der Waals surface area contributed by atoms with Crippen molar-refractivity contribution in [1.29, 1.82) is 0 Å². The standard InChI is InChI=1S/C23H34N2O3/c1-24-13-7-3-6-12-21-23(24)20(18-9-4-2-5-10-18)15-25(21)22(26)17-27-16-19-11-8-14-28-19/h2,4-5,9-10,19-21,23H,3,6-8,11-17H2,1H3/t19-,20+,21-,23+/m1/s1. The summed E-state index contributed by atoms with van der Waals surface area (Å²) in [6, 6.07) is 11.4. The summed E-state index contributed by atoms with van der Waals surface area (Å²) in [5.74, 6) is 0.511. The number of amides is 1. The van der Waals surface area contributed by atoms with Crippen LogP contribution in [0, 0.1) is 0 Å². The Kier molecular flexibility index (Phi) is 6.65. The highest BCUT2D eigenvalue weighted by atomic mass is 16.5. The lowest BCUT2D eigenvalue weighted by Gasteiger charge is -2.37. The van der Waals surface area contributed by atoms with Crippen molar-refractivity contribution in [3.8, 4) is 0 Å². The van der Waals surface area contributed by atoms with Gasteiger partial charge in [0, 0.05) is 31.2 Å². The van der Waals surface area contributed by atoms with Crippen LogP contribution >= 0.6 is 0 Å². The molecule has 3 aliphatic rings. The van der Waals surface area contributed by atoms with E-state index in [4.69, 9.17) is 9.47 Å². The van der Waals surface area contributed by atoms with Gasteiger partial charge in [-0.25, -0.2) is 0 Å². The van der Waals surface area contributed by atoms with Crippen LogP contribution in [0.3, 0.4) is 0 Å². The van der Waals surface area contributed by atoms with Gasteiger partial charge in [-0.3, -0.25) is 4.79 Å². The van der Waals surface area contributed by atoms with Crippen LogP contribution in [-0.2, 0) is 14.3 Å². The van der Waals surface area contributed by atoms with Crippen LogP contribution in [0.2, 0.25) is 0 Å². The van der Waals surface area contributed by atoms with Crippen molar-refractivity contribution in [2.45, 2.75) is 62.6 Å². The molecule has 3 fully saturated rings. The van der Waals surface area contributed by atoms with E-state index in [0.29, 0.717) is 18.6 Å². The van der Waals surface area contributed by atoms with Gasteiger partial charge in [0.1, 0.15) is 6.61 Å². The first-order valence-electron chi connectivity index (χ1n) is 11.0. The quantitative estimate of drug-likeness (QED) is 0.780. The Bertz CT molecular complexity index is 632. The highest BCUT2D eigenvalue weighted by Crippen LogP contribution is 2.38. The summed E-state index contributed by atoms with van der Waals surface area (Å²) in [7, 11) is 2.24. The maximum Gasteiger partial charge on any atom is 0.248 e. The lowest BCUT2D eigenvalue weighted by atomic mass is 9.87. The summed E-state index contributed by atoms with van der Waals surface area (Å²) in [4.78, 5) is 17.7. The molecule has 0 aromatic heterocycles. The molecule has 5 heteroatoms. The molecule has 0 spiro atoms. The van der Waals surface area contributed by atoms with E-state index in [1.807, 2.05) is 0 Å². The molecule has 1 amide bonds. The molecule has 3 saturated heterocycles. The summed E-state index contributed by atoms with van der Waals surface area (Å²) in [5.41, 5.74) is 1.35. The number of hydrogen-bond donors (Lipinski definition) is 0. The summed E-state index contributed by atoms with van der Waals surface area (Å²) < 4.78 is 11.4. The molecule has 0 radical (unpaired) electrons. The molecule has 4 atom stereocenters. The molecule has 3 aliphatic heterocycles. The van der Waals surface area contributed by atoms with Crippen molar-refractivity contribution >= 4 is 5.91 Å². The Balaban J connectivity index is 1.46. The van der Waals surface area contributed by atoms with Gasteiger partial charge in [-0.15, -0.1) is 0 Å². The average Bonchev–Trinajstić information content (AvgIpc) is 3.34. The van der Waals surface area contributed by atoms with Crippen molar-refractivity contribution in [1.82, 2.24) is 9.80 Å². The summed E-state index contributed by atoms with van der Waals surface area (Å²) >= 11 is 0. The van der Waals surface area contributed by atoms with Crippen LogP contribution in [0.4, 0.5) is 0 Å². The van der Waals surface area contributed by atoms with Gasteiger partial charge in [-0.2, -0.15) is 0 Å². The number of ether oxygens (including phenoxy) is 2. The van der Waals surface area contributed by atoms with Crippen LogP contribution < -0.4 is 0 Å². The fraction of sp³-hybridized carbons (Fsp3) is 0.696. The highest BCUT2D eigenvalue weighted by molar-refractivity contribution is 5.78. The van der Waals surface area contributed by atoms with Gasteiger partial charge in [-0.1, -0.05) is 43.2 Å². The highest BCUT2D eigenvalue weighted by Gasteiger charge is 2.46. The molecule has 154 valence electrons. The molecule has 0 N–H and O–H groups in total. The minimum atomic E-state index is 0.139. The van der Waals surface area contributed by atoms with Crippen molar-refractivity contribution < 1.29 is 14.3 Å². The fourth-order valence-electron chi connectivity index (χ4n) is 5.30. The molecule has 0 saturated carbocycles. The second-order valence-corrected chi connectivity index (χ2v) is 8.60. The van der Waals surface area contributed by atoms with Crippen LogP contribution in [0.15, 0.2) is 30.3 Å². The maximum absolute atomic E-state index is 13.1. The predicted octanol–water partition coefficient (Wildman–Crippen LogP) is 3.05. The number of fused-ring (bicyclic) bond motifs is 1. The van der Waals surface area contributed by atoms with E-state index in [1.54, 1.807) is 0 Å². The summed E-state index contributed by atoms with van der Waals surface area (Å²) in [5, 5.41) is 0. The number of likely N-dealkylation sites (tertiary alicyclic amines) is 2. The number of carbonyl (C=O) groups is 1. The molecule has 5 nitrogen and oxygen atoms in total. The number of carbonyl (C=O) groups excluding carboxylic acids is 1. The Labute approximate surface area is 169 Å². The number of hydrogen-bond acceptors (Lipinski definition) is 4. The molecule has 4 rings (SSSR count). The van der Waals surface area contributed by atoms with E-state index >= 15 is 0 Å². The van der Waals surface area contributed by atoms with Crippen molar-refractivity contribution in [2.24, 2.45) is 0 Å². The van der Waals surface area contributed by atoms with E-state index in [9.17, 15) is 4.79 Å². The molecule has 0 aliphatic carbocycles. The third-order valence-electron chi connectivity index (χ3n) is 6.72. The Morgan fingerprint density at radius 3 is 2.79 bits per heavy atom. The van der Waals surface area contributed by atoms with Crippen LogP contribution in [-0.4, -0.2) is 73.9 Å². The Hall–Kier alpha value is -1.43. The summed E-state index contributed by atoms with van der Waals surface area (Å²) in [6.07, 6.45) is 7.11. The number of benzene rings is 1. The third-order valence-corrected chi connectivity index (χ3v) is 6.72. The normalized spacial score (nSPS) is 31.4. The maximum atomic E-state index is 13.1. The van der Waals surface area contributed by atoms with Gasteiger partial charge in [0.05, 0.1) is 12.7 Å². The second kappa shape index (κ2) is 9.38. The topological polar surface area (TPSA) is 42.0 Å². The monoisotopic (exact) mass is 386 g/mol. The largest absolute Gasteiger partial charge is 0.376 e. The van der Waals surface area contributed by atoms with E-state index < -0.39 is 0 Å². The Morgan fingerprint density at radius 1 is 1.14 bits per heavy atom. The SMILES string of the molecule is CN1CCCCC[C@@H]2[C@@H]1[C@H](c1ccccc1)CN2C(=O)COC[C@H]1CCCO1. The van der Waals surface area contributed by atoms with Crippen molar-refractivity contribution in [2.75, 3.05) is 40.0 Å². The van der Waals surface area contributed by atoms with E-state index in [-0.39, 0.29) is 24.7 Å². The van der Waals surface area contributed by atoms with Crippen LogP contribution in [0.5, 0.6) is 0 Å². The molecule has 0 bridgehead atoms. The first-order valence-corrected chi connectivity index (χ1v) is 11.0. The fourth-order valence-corrected chi connectivity index (χ4v) is 5.30. The first-order chi connectivity index (χ1) is 13.7. The average molecular weight is 387 g/mol. The van der Waals surface area contributed by atoms with Gasteiger partial charge in [0.15, 0.2) is 0 Å². The minimum absolute atomic E-state index is 0.139. The first kappa shape index (κ1) is 19.9. The smallest absolute Gasteiger partial charge is 0.248 e. The van der Waals surface area contributed by atoms with E-state index in [0.717, 1.165) is 39.0 Å². The summed E-state index contributed by atoms with van der Waals surface area (Å²) in [6.45, 7) is 3.45. The van der Waals surface area contributed by atoms with E-state index in [1.165, 1.54) is 24.8 Å². The van der Waals surface area contributed by atoms with Crippen LogP contribution in [0.1, 0.15) is 50.0 Å². The molecular weight excluding hydrogens is 352 g/mol. The van der Waals surface area contributed by atoms with Crippen LogP contribution in [0.25, 0.3) is 0 Å². The Morgan fingerprint density at radius 2 is 2.00 bits per heavy atom. The van der Waals surface area contributed by atoms with Gasteiger partial charge < -0.3 is 19.3 Å². The zero-order valence-electron chi connectivity index (χ0n) is 17.1. The molecule has 1 aromatic rings. The molecule has 1 aromatic carbocycles. The zero-order chi connectivity index (χ0) is 19.3. The number of nitrogens with zero attached hydrogens (tertiary/aromatic N) is 2. The van der Waals surface area contributed by atoms with Crippen molar-refractivity contribution in [3.05, 3.63) is 35.9 Å². The second-order valence-electron chi connectivity index (χ2n) is 8.60. The number of rotatable bonds is 5. The van der Waals surface area contributed by atoms with Gasteiger partial charge in [-0.05, 0) is 44.8 Å². The van der Waals surface area contributed by atoms with E-state index in [2.05, 4.69) is 47.2 Å². The van der Waals surface area contributed by atoms with Crippen molar-refractivity contribution in [3.63, 3.8) is 0 Å². The van der Waals surface area contributed by atoms with Gasteiger partial charge in [0.2, 0.25) is 5.91 Å². The minimum Gasteiger partial charge on any atom is -0.376 e. The van der Waals surface area contributed by atoms with Gasteiger partial charge >= 0.3 is 0 Å². The molecular formula is C23H34N2O3. The molecule has 3 heterocycles. The lowest BCUT2D eigenvalue weighted by molar-refractivity contribution is -0.138. The number of likely N-dealkylation sites (N-methyl/N-ethyl adjacent to an activating group) is 1. The predicted molar refractivity (Wildman–Crippen MR) is 109 cm³/mol. The zero-order valence-corrected chi connectivity index (χ0v) is 17.1. The van der Waals surface area contributed by atoms with Gasteiger partial charge in [0.25, 0.3) is 0 Å². The molecule has 0 unspecified atom stereocenters.